The monoisotopic (exact) mass is 359 g/mol. The molecule has 0 spiro atoms. The first kappa shape index (κ1) is 19.0. The summed E-state index contributed by atoms with van der Waals surface area (Å²) in [6.07, 6.45) is 0. The summed E-state index contributed by atoms with van der Waals surface area (Å²) in [4.78, 5) is 26.4. The average Bonchev–Trinajstić information content (AvgIpc) is 2.62. The number of hydrogen-bond donors (Lipinski definition) is 0. The summed E-state index contributed by atoms with van der Waals surface area (Å²) in [6.45, 7) is 4.40. The molecule has 2 aromatic rings. The van der Waals surface area contributed by atoms with Crippen molar-refractivity contribution in [2.24, 2.45) is 5.92 Å². The molecule has 0 aromatic heterocycles. The van der Waals surface area contributed by atoms with Gasteiger partial charge < -0.3 is 9.64 Å². The maximum absolute atomic E-state index is 13.0. The molecule has 132 valence electrons. The molecule has 25 heavy (non-hydrogen) atoms. The predicted molar refractivity (Wildman–Crippen MR) is 98.6 cm³/mol. The Morgan fingerprint density at radius 2 is 1.76 bits per heavy atom. The molecule has 1 atom stereocenters. The van der Waals surface area contributed by atoms with E-state index in [0.29, 0.717) is 17.1 Å². The summed E-state index contributed by atoms with van der Waals surface area (Å²) >= 11 is 6.17. The van der Waals surface area contributed by atoms with Crippen LogP contribution < -0.4 is 0 Å². The fourth-order valence-corrected chi connectivity index (χ4v) is 2.76. The summed E-state index contributed by atoms with van der Waals surface area (Å²) in [5.74, 6) is -0.982. The van der Waals surface area contributed by atoms with Gasteiger partial charge in [0.25, 0.3) is 5.91 Å². The second kappa shape index (κ2) is 8.67. The van der Waals surface area contributed by atoms with Crippen LogP contribution in [0.1, 0.15) is 28.4 Å². The molecule has 0 aliphatic rings. The van der Waals surface area contributed by atoms with Crippen molar-refractivity contribution in [1.82, 2.24) is 4.90 Å². The Morgan fingerprint density at radius 1 is 1.12 bits per heavy atom. The highest BCUT2D eigenvalue weighted by molar-refractivity contribution is 6.33. The van der Waals surface area contributed by atoms with Crippen molar-refractivity contribution < 1.29 is 14.3 Å². The van der Waals surface area contributed by atoms with Crippen LogP contribution in [0.5, 0.6) is 0 Å². The van der Waals surface area contributed by atoms with Crippen LogP contribution in [0.2, 0.25) is 5.02 Å². The molecule has 0 N–H and O–H groups in total. The molecular formula is C20H22ClNO3. The largest absolute Gasteiger partial charge is 0.469 e. The van der Waals surface area contributed by atoms with Crippen LogP contribution in [-0.4, -0.2) is 30.4 Å². The van der Waals surface area contributed by atoms with E-state index in [1.165, 1.54) is 7.11 Å². The van der Waals surface area contributed by atoms with Gasteiger partial charge in [-0.1, -0.05) is 60.5 Å². The van der Waals surface area contributed by atoms with Gasteiger partial charge in [0.1, 0.15) is 0 Å². The molecule has 2 aromatic carbocycles. The highest BCUT2D eigenvalue weighted by Gasteiger charge is 2.24. The molecule has 1 unspecified atom stereocenters. The lowest BCUT2D eigenvalue weighted by Crippen LogP contribution is -2.37. The standard InChI is InChI=1S/C20H22ClNO3/c1-14-8-10-16(11-9-14)13-22(12-15(2)20(24)25-3)19(23)17-6-4-5-7-18(17)21/h4-11,15H,12-13H2,1-3H3. The molecule has 0 aliphatic heterocycles. The number of aryl methyl sites for hydroxylation is 1. The Bertz CT molecular complexity index is 743. The Morgan fingerprint density at radius 3 is 2.36 bits per heavy atom. The van der Waals surface area contributed by atoms with Gasteiger partial charge in [0.05, 0.1) is 23.6 Å². The summed E-state index contributed by atoms with van der Waals surface area (Å²) in [5, 5.41) is 0.395. The van der Waals surface area contributed by atoms with Crippen molar-refractivity contribution in [3.63, 3.8) is 0 Å². The average molecular weight is 360 g/mol. The van der Waals surface area contributed by atoms with Crippen molar-refractivity contribution in [3.8, 4) is 0 Å². The molecule has 0 saturated heterocycles. The molecule has 5 heteroatoms. The maximum atomic E-state index is 13.0. The van der Waals surface area contributed by atoms with Crippen molar-refractivity contribution in [3.05, 3.63) is 70.2 Å². The molecule has 0 heterocycles. The Labute approximate surface area is 153 Å². The number of methoxy groups -OCH3 is 1. The fraction of sp³-hybridized carbons (Fsp3) is 0.300. The van der Waals surface area contributed by atoms with Gasteiger partial charge in [-0.25, -0.2) is 0 Å². The highest BCUT2D eigenvalue weighted by Crippen LogP contribution is 2.20. The zero-order chi connectivity index (χ0) is 18.4. The van der Waals surface area contributed by atoms with E-state index < -0.39 is 5.92 Å². The van der Waals surface area contributed by atoms with E-state index in [9.17, 15) is 9.59 Å². The van der Waals surface area contributed by atoms with E-state index in [4.69, 9.17) is 16.3 Å². The maximum Gasteiger partial charge on any atom is 0.310 e. The molecule has 4 nitrogen and oxygen atoms in total. The zero-order valence-corrected chi connectivity index (χ0v) is 15.4. The van der Waals surface area contributed by atoms with Gasteiger partial charge in [0, 0.05) is 13.1 Å². The topological polar surface area (TPSA) is 46.6 Å². The smallest absolute Gasteiger partial charge is 0.310 e. The minimum atomic E-state index is -0.429. The first-order valence-corrected chi connectivity index (χ1v) is 8.47. The summed E-state index contributed by atoms with van der Waals surface area (Å²) in [6, 6.07) is 14.9. The highest BCUT2D eigenvalue weighted by atomic mass is 35.5. The van der Waals surface area contributed by atoms with E-state index in [2.05, 4.69) is 0 Å². The number of ether oxygens (including phenoxy) is 1. The van der Waals surface area contributed by atoms with Crippen molar-refractivity contribution in [2.45, 2.75) is 20.4 Å². The van der Waals surface area contributed by atoms with Gasteiger partial charge in [0.2, 0.25) is 0 Å². The number of rotatable bonds is 6. The summed E-state index contributed by atoms with van der Waals surface area (Å²) in [7, 11) is 1.35. The van der Waals surface area contributed by atoms with Crippen LogP contribution in [0.25, 0.3) is 0 Å². The van der Waals surface area contributed by atoms with E-state index in [1.54, 1.807) is 36.1 Å². The van der Waals surface area contributed by atoms with Gasteiger partial charge in [-0.05, 0) is 24.6 Å². The summed E-state index contributed by atoms with van der Waals surface area (Å²) in [5.41, 5.74) is 2.56. The Kier molecular flexibility index (Phi) is 6.59. The molecule has 0 aliphatic carbocycles. The van der Waals surface area contributed by atoms with Crippen LogP contribution in [-0.2, 0) is 16.1 Å². The molecule has 1 amide bonds. The van der Waals surface area contributed by atoms with Crippen LogP contribution in [0.4, 0.5) is 0 Å². The minimum Gasteiger partial charge on any atom is -0.469 e. The molecular weight excluding hydrogens is 338 g/mol. The molecule has 0 fully saturated rings. The lowest BCUT2D eigenvalue weighted by atomic mass is 10.1. The van der Waals surface area contributed by atoms with Crippen LogP contribution >= 0.6 is 11.6 Å². The van der Waals surface area contributed by atoms with Gasteiger partial charge >= 0.3 is 5.97 Å². The van der Waals surface area contributed by atoms with Crippen LogP contribution in [0, 0.1) is 12.8 Å². The second-order valence-corrected chi connectivity index (χ2v) is 6.48. The molecule has 0 bridgehead atoms. The third-order valence-electron chi connectivity index (χ3n) is 3.98. The fourth-order valence-electron chi connectivity index (χ4n) is 2.54. The van der Waals surface area contributed by atoms with E-state index >= 15 is 0 Å². The minimum absolute atomic E-state index is 0.207. The third kappa shape index (κ3) is 5.07. The SMILES string of the molecule is COC(=O)C(C)CN(Cc1ccc(C)cc1)C(=O)c1ccccc1Cl. The van der Waals surface area contributed by atoms with Crippen LogP contribution in [0.3, 0.4) is 0 Å². The lowest BCUT2D eigenvalue weighted by molar-refractivity contribution is -0.145. The van der Waals surface area contributed by atoms with E-state index in [-0.39, 0.29) is 18.4 Å². The Hall–Kier alpha value is -2.33. The van der Waals surface area contributed by atoms with Gasteiger partial charge in [-0.2, -0.15) is 0 Å². The number of nitrogens with zero attached hydrogens (tertiary/aromatic N) is 1. The van der Waals surface area contributed by atoms with Crippen LogP contribution in [0.15, 0.2) is 48.5 Å². The number of amides is 1. The quantitative estimate of drug-likeness (QED) is 0.729. The Balaban J connectivity index is 2.27. The van der Waals surface area contributed by atoms with Gasteiger partial charge in [-0.15, -0.1) is 0 Å². The zero-order valence-electron chi connectivity index (χ0n) is 14.7. The van der Waals surface area contributed by atoms with Crippen molar-refractivity contribution >= 4 is 23.5 Å². The van der Waals surface area contributed by atoms with Gasteiger partial charge in [0.15, 0.2) is 0 Å². The third-order valence-corrected chi connectivity index (χ3v) is 4.31. The first-order valence-electron chi connectivity index (χ1n) is 8.09. The predicted octanol–water partition coefficient (Wildman–Crippen LogP) is 4.10. The normalized spacial score (nSPS) is 11.7. The van der Waals surface area contributed by atoms with E-state index in [1.807, 2.05) is 31.2 Å². The van der Waals surface area contributed by atoms with Crippen molar-refractivity contribution in [1.29, 1.82) is 0 Å². The van der Waals surface area contributed by atoms with Gasteiger partial charge in [-0.3, -0.25) is 9.59 Å². The lowest BCUT2D eigenvalue weighted by Gasteiger charge is -2.26. The molecule has 2 rings (SSSR count). The number of benzene rings is 2. The van der Waals surface area contributed by atoms with E-state index in [0.717, 1.165) is 11.1 Å². The molecule has 0 radical (unpaired) electrons. The number of carbonyl (C=O) groups is 2. The number of carbonyl (C=O) groups excluding carboxylic acids is 2. The summed E-state index contributed by atoms with van der Waals surface area (Å²) < 4.78 is 4.79. The number of halogens is 1. The molecule has 0 saturated carbocycles. The number of hydrogen-bond acceptors (Lipinski definition) is 3. The van der Waals surface area contributed by atoms with Crippen molar-refractivity contribution in [2.75, 3.05) is 13.7 Å². The first-order chi connectivity index (χ1) is 11.9. The second-order valence-electron chi connectivity index (χ2n) is 6.08. The number of esters is 1.